The van der Waals surface area contributed by atoms with Gasteiger partial charge >= 0.3 is 6.61 Å². The van der Waals surface area contributed by atoms with Crippen molar-refractivity contribution in [2.24, 2.45) is 5.92 Å². The predicted molar refractivity (Wildman–Crippen MR) is 105 cm³/mol. The second-order valence-electron chi connectivity index (χ2n) is 6.80. The zero-order chi connectivity index (χ0) is 21.7. The van der Waals surface area contributed by atoms with Crippen LogP contribution in [0.4, 0.5) is 20.2 Å². The Morgan fingerprint density at radius 1 is 1.30 bits per heavy atom. The number of carbonyl (C=O) groups is 1. The first kappa shape index (κ1) is 21.3. The number of rotatable bonds is 8. The Morgan fingerprint density at radius 2 is 2.03 bits per heavy atom. The number of nitro benzene ring substituents is 1. The number of benzene rings is 2. The van der Waals surface area contributed by atoms with Gasteiger partial charge in [-0.15, -0.1) is 0 Å². The Kier molecular flexibility index (Phi) is 6.65. The molecule has 0 bridgehead atoms. The van der Waals surface area contributed by atoms with Crippen LogP contribution in [0.5, 0.6) is 11.5 Å². The molecule has 1 aliphatic rings. The van der Waals surface area contributed by atoms with Crippen LogP contribution in [0.15, 0.2) is 42.5 Å². The van der Waals surface area contributed by atoms with Gasteiger partial charge in [0.25, 0.3) is 11.6 Å². The van der Waals surface area contributed by atoms with Crippen molar-refractivity contribution in [1.29, 1.82) is 0 Å². The number of hydrogen-bond donors (Lipinski definition) is 1. The zero-order valence-electron chi connectivity index (χ0n) is 16.2. The highest BCUT2D eigenvalue weighted by atomic mass is 19.3. The number of ether oxygens (including phenoxy) is 2. The van der Waals surface area contributed by atoms with Crippen LogP contribution in [-0.4, -0.2) is 44.2 Å². The quantitative estimate of drug-likeness (QED) is 0.518. The molecule has 1 aliphatic heterocycles. The molecule has 8 nitrogen and oxygen atoms in total. The Balaban J connectivity index is 1.69. The molecule has 1 atom stereocenters. The lowest BCUT2D eigenvalue weighted by molar-refractivity contribution is -0.385. The van der Waals surface area contributed by atoms with Crippen molar-refractivity contribution in [3.63, 3.8) is 0 Å². The average molecular weight is 421 g/mol. The number of methoxy groups -OCH3 is 1. The van der Waals surface area contributed by atoms with Crippen molar-refractivity contribution >= 4 is 17.3 Å². The lowest BCUT2D eigenvalue weighted by Crippen LogP contribution is -2.31. The second kappa shape index (κ2) is 9.38. The third-order valence-electron chi connectivity index (χ3n) is 4.90. The molecule has 30 heavy (non-hydrogen) atoms. The molecule has 160 valence electrons. The van der Waals surface area contributed by atoms with E-state index >= 15 is 0 Å². The summed E-state index contributed by atoms with van der Waals surface area (Å²) >= 11 is 0. The first-order valence-corrected chi connectivity index (χ1v) is 9.28. The number of anilines is 1. The molecular formula is C20H21F2N3O5. The molecule has 2 aromatic rings. The van der Waals surface area contributed by atoms with Gasteiger partial charge in [-0.05, 0) is 24.5 Å². The summed E-state index contributed by atoms with van der Waals surface area (Å²) in [6.45, 7) is -1.26. The lowest BCUT2D eigenvalue weighted by Gasteiger charge is -2.18. The number of alkyl halides is 2. The van der Waals surface area contributed by atoms with Gasteiger partial charge in [-0.2, -0.15) is 8.78 Å². The third kappa shape index (κ3) is 4.94. The first-order valence-electron chi connectivity index (χ1n) is 9.28. The molecule has 1 heterocycles. The molecule has 0 saturated carbocycles. The van der Waals surface area contributed by atoms with E-state index in [-0.39, 0.29) is 17.2 Å². The maximum Gasteiger partial charge on any atom is 0.387 e. The highest BCUT2D eigenvalue weighted by Crippen LogP contribution is 2.35. The summed E-state index contributed by atoms with van der Waals surface area (Å²) < 4.78 is 34.3. The topological polar surface area (TPSA) is 93.9 Å². The van der Waals surface area contributed by atoms with Crippen molar-refractivity contribution in [1.82, 2.24) is 5.32 Å². The lowest BCUT2D eigenvalue weighted by atomic mass is 10.1. The Bertz CT molecular complexity index is 911. The third-order valence-corrected chi connectivity index (χ3v) is 4.90. The van der Waals surface area contributed by atoms with E-state index in [9.17, 15) is 23.7 Å². The van der Waals surface area contributed by atoms with Gasteiger partial charge < -0.3 is 19.7 Å². The fraction of sp³-hybridized carbons (Fsp3) is 0.350. The summed E-state index contributed by atoms with van der Waals surface area (Å²) in [6, 6.07) is 11.7. The molecule has 0 aromatic heterocycles. The predicted octanol–water partition coefficient (Wildman–Crippen LogP) is 3.46. The first-order chi connectivity index (χ1) is 14.4. The van der Waals surface area contributed by atoms with Gasteiger partial charge in [0.1, 0.15) is 5.56 Å². The van der Waals surface area contributed by atoms with E-state index in [0.29, 0.717) is 6.54 Å². The van der Waals surface area contributed by atoms with Gasteiger partial charge in [0, 0.05) is 31.4 Å². The normalized spacial score (nSPS) is 15.9. The van der Waals surface area contributed by atoms with Gasteiger partial charge in [0.2, 0.25) is 0 Å². The maximum absolute atomic E-state index is 12.6. The van der Waals surface area contributed by atoms with E-state index in [2.05, 4.69) is 15.0 Å². The molecule has 1 N–H and O–H groups in total. The summed E-state index contributed by atoms with van der Waals surface area (Å²) in [7, 11) is 1.19. The summed E-state index contributed by atoms with van der Waals surface area (Å²) in [5.41, 5.74) is 0.180. The Morgan fingerprint density at radius 3 is 2.67 bits per heavy atom. The molecule has 1 unspecified atom stereocenters. The van der Waals surface area contributed by atoms with E-state index in [0.717, 1.165) is 37.3 Å². The van der Waals surface area contributed by atoms with Gasteiger partial charge in [-0.1, -0.05) is 18.2 Å². The number of nitrogens with one attached hydrogen (secondary N) is 1. The van der Waals surface area contributed by atoms with Crippen LogP contribution in [0.1, 0.15) is 16.8 Å². The number of nitro groups is 1. The minimum absolute atomic E-state index is 0.177. The Labute approximate surface area is 171 Å². The van der Waals surface area contributed by atoms with Crippen molar-refractivity contribution in [3.8, 4) is 11.5 Å². The fourth-order valence-corrected chi connectivity index (χ4v) is 3.43. The van der Waals surface area contributed by atoms with Crippen LogP contribution >= 0.6 is 0 Å². The molecule has 1 amide bonds. The molecular weight excluding hydrogens is 400 g/mol. The van der Waals surface area contributed by atoms with Crippen molar-refractivity contribution in [2.45, 2.75) is 13.0 Å². The number of hydrogen-bond acceptors (Lipinski definition) is 6. The maximum atomic E-state index is 12.6. The number of carbonyl (C=O) groups excluding carboxylic acids is 1. The highest BCUT2D eigenvalue weighted by molar-refractivity contribution is 5.99. The van der Waals surface area contributed by atoms with E-state index in [1.165, 1.54) is 7.11 Å². The second-order valence-corrected chi connectivity index (χ2v) is 6.80. The SMILES string of the molecule is COc1cc(C(=O)NCC2CCN(c3ccccc3)C2)c([N+](=O)[O-])cc1OC(F)F. The van der Waals surface area contributed by atoms with Crippen LogP contribution in [0.25, 0.3) is 0 Å². The molecule has 10 heteroatoms. The monoisotopic (exact) mass is 421 g/mol. The average Bonchev–Trinajstić information content (AvgIpc) is 3.21. The fourth-order valence-electron chi connectivity index (χ4n) is 3.43. The highest BCUT2D eigenvalue weighted by Gasteiger charge is 2.28. The number of halogens is 2. The number of amides is 1. The number of nitrogens with zero attached hydrogens (tertiary/aromatic N) is 2. The molecule has 1 saturated heterocycles. The molecule has 2 aromatic carbocycles. The van der Waals surface area contributed by atoms with E-state index in [4.69, 9.17) is 4.74 Å². The van der Waals surface area contributed by atoms with E-state index in [1.54, 1.807) is 0 Å². The van der Waals surface area contributed by atoms with Crippen molar-refractivity contribution in [3.05, 3.63) is 58.1 Å². The molecule has 1 fully saturated rings. The Hall–Kier alpha value is -3.43. The van der Waals surface area contributed by atoms with Gasteiger partial charge in [0.05, 0.1) is 18.1 Å². The summed E-state index contributed by atoms with van der Waals surface area (Å²) in [6.07, 6.45) is 0.863. The van der Waals surface area contributed by atoms with E-state index < -0.39 is 28.9 Å². The smallest absolute Gasteiger partial charge is 0.387 e. The summed E-state index contributed by atoms with van der Waals surface area (Å²) in [5, 5.41) is 14.1. The van der Waals surface area contributed by atoms with Gasteiger partial charge in [-0.3, -0.25) is 14.9 Å². The molecule has 0 spiro atoms. The van der Waals surface area contributed by atoms with Crippen molar-refractivity contribution in [2.75, 3.05) is 31.6 Å². The largest absolute Gasteiger partial charge is 0.493 e. The van der Waals surface area contributed by atoms with Gasteiger partial charge in [0.15, 0.2) is 11.5 Å². The molecule has 3 rings (SSSR count). The van der Waals surface area contributed by atoms with Crippen LogP contribution in [-0.2, 0) is 0 Å². The van der Waals surface area contributed by atoms with Gasteiger partial charge in [-0.25, -0.2) is 0 Å². The molecule has 0 radical (unpaired) electrons. The molecule has 0 aliphatic carbocycles. The van der Waals surface area contributed by atoms with Crippen LogP contribution in [0.2, 0.25) is 0 Å². The van der Waals surface area contributed by atoms with Crippen molar-refractivity contribution < 1.29 is 28.0 Å². The van der Waals surface area contributed by atoms with Crippen LogP contribution in [0, 0.1) is 16.0 Å². The zero-order valence-corrected chi connectivity index (χ0v) is 16.2. The number of para-hydroxylation sites is 1. The van der Waals surface area contributed by atoms with Crippen LogP contribution in [0.3, 0.4) is 0 Å². The summed E-state index contributed by atoms with van der Waals surface area (Å²) in [4.78, 5) is 25.4. The van der Waals surface area contributed by atoms with Crippen LogP contribution < -0.4 is 19.7 Å². The standard InChI is InChI=1S/C20H21F2N3O5/c1-29-17-9-15(16(25(27)28)10-18(17)30-20(21)22)19(26)23-11-13-7-8-24(12-13)14-5-3-2-4-6-14/h2-6,9-10,13,20H,7-8,11-12H2,1H3,(H,23,26). The van der Waals surface area contributed by atoms with E-state index in [1.807, 2.05) is 30.3 Å². The summed E-state index contributed by atoms with van der Waals surface area (Å²) in [5.74, 6) is -1.20. The minimum Gasteiger partial charge on any atom is -0.493 e. The minimum atomic E-state index is -3.19.